The molecule has 2 aromatic rings. The summed E-state index contributed by atoms with van der Waals surface area (Å²) < 4.78 is 0. The Balaban J connectivity index is 2.47. The second-order valence-corrected chi connectivity index (χ2v) is 5.24. The summed E-state index contributed by atoms with van der Waals surface area (Å²) in [5, 5.41) is 19.9. The maximum absolute atomic E-state index is 9.94. The highest BCUT2D eigenvalue weighted by molar-refractivity contribution is 5.50. The van der Waals surface area contributed by atoms with Gasteiger partial charge in [0.05, 0.1) is 0 Å². The second kappa shape index (κ2) is 4.96. The van der Waals surface area contributed by atoms with Crippen molar-refractivity contribution >= 4 is 0 Å². The van der Waals surface area contributed by atoms with Crippen molar-refractivity contribution in [3.8, 4) is 11.5 Å². The molecule has 0 aromatic heterocycles. The molecule has 0 unspecified atom stereocenters. The van der Waals surface area contributed by atoms with Crippen molar-refractivity contribution in [2.75, 3.05) is 0 Å². The summed E-state index contributed by atoms with van der Waals surface area (Å²) in [5.41, 5.74) is 6.29. The fraction of sp³-hybridized carbons (Fsp3) is 0.294. The lowest BCUT2D eigenvalue weighted by Gasteiger charge is -2.14. The summed E-state index contributed by atoms with van der Waals surface area (Å²) in [7, 11) is 0. The molecule has 2 nitrogen and oxygen atoms in total. The maximum Gasteiger partial charge on any atom is 0.119 e. The van der Waals surface area contributed by atoms with Gasteiger partial charge in [-0.15, -0.1) is 0 Å². The molecule has 0 atom stereocenters. The van der Waals surface area contributed by atoms with Gasteiger partial charge in [-0.05, 0) is 67.6 Å². The first-order valence-corrected chi connectivity index (χ1v) is 6.47. The van der Waals surface area contributed by atoms with Gasteiger partial charge in [0.15, 0.2) is 0 Å². The number of phenols is 2. The molecule has 0 amide bonds. The topological polar surface area (TPSA) is 40.5 Å². The van der Waals surface area contributed by atoms with Crippen molar-refractivity contribution in [2.24, 2.45) is 0 Å². The molecule has 19 heavy (non-hydrogen) atoms. The lowest BCUT2D eigenvalue weighted by atomic mass is 9.93. The fourth-order valence-corrected chi connectivity index (χ4v) is 2.34. The predicted octanol–water partition coefficient (Wildman–Crippen LogP) is 3.92. The van der Waals surface area contributed by atoms with Crippen LogP contribution in [0.5, 0.6) is 11.5 Å². The van der Waals surface area contributed by atoms with E-state index in [1.54, 1.807) is 12.1 Å². The summed E-state index contributed by atoms with van der Waals surface area (Å²) in [4.78, 5) is 0. The van der Waals surface area contributed by atoms with E-state index in [1.165, 1.54) is 5.56 Å². The standard InChI is InChI=1S/C17H20O2/c1-10-5-6-16(18)15(7-10)8-14-9-17(19)13(4)11(2)12(14)3/h5-7,9,18-19H,8H2,1-4H3. The van der Waals surface area contributed by atoms with Gasteiger partial charge in [0.2, 0.25) is 0 Å². The minimum Gasteiger partial charge on any atom is -0.508 e. The van der Waals surface area contributed by atoms with Crippen LogP contribution in [0.25, 0.3) is 0 Å². The van der Waals surface area contributed by atoms with Crippen LogP contribution in [0.4, 0.5) is 0 Å². The molecule has 2 N–H and O–H groups in total. The molecule has 100 valence electrons. The number of hydrogen-bond donors (Lipinski definition) is 2. The molecule has 0 heterocycles. The van der Waals surface area contributed by atoms with E-state index in [2.05, 4.69) is 6.92 Å². The molecule has 0 aliphatic heterocycles. The number of benzene rings is 2. The zero-order chi connectivity index (χ0) is 14.2. The first-order valence-electron chi connectivity index (χ1n) is 6.47. The SMILES string of the molecule is Cc1ccc(O)c(Cc2cc(O)c(C)c(C)c2C)c1. The van der Waals surface area contributed by atoms with E-state index >= 15 is 0 Å². The number of rotatable bonds is 2. The Labute approximate surface area is 114 Å². The van der Waals surface area contributed by atoms with E-state index in [1.807, 2.05) is 32.9 Å². The molecule has 0 aliphatic rings. The zero-order valence-corrected chi connectivity index (χ0v) is 11.9. The predicted molar refractivity (Wildman–Crippen MR) is 78.0 cm³/mol. The molecule has 2 heteroatoms. The van der Waals surface area contributed by atoms with Gasteiger partial charge in [-0.1, -0.05) is 17.7 Å². The number of aryl methyl sites for hydroxylation is 1. The highest BCUT2D eigenvalue weighted by Gasteiger charge is 2.11. The van der Waals surface area contributed by atoms with Gasteiger partial charge in [0.25, 0.3) is 0 Å². The summed E-state index contributed by atoms with van der Waals surface area (Å²) in [6.07, 6.45) is 0.633. The van der Waals surface area contributed by atoms with Crippen LogP contribution in [-0.4, -0.2) is 10.2 Å². The van der Waals surface area contributed by atoms with Crippen molar-refractivity contribution in [1.29, 1.82) is 0 Å². The van der Waals surface area contributed by atoms with Crippen LogP contribution in [0.3, 0.4) is 0 Å². The van der Waals surface area contributed by atoms with Crippen LogP contribution < -0.4 is 0 Å². The summed E-state index contributed by atoms with van der Waals surface area (Å²) in [5.74, 6) is 0.632. The quantitative estimate of drug-likeness (QED) is 0.855. The summed E-state index contributed by atoms with van der Waals surface area (Å²) in [6, 6.07) is 7.41. The first kappa shape index (κ1) is 13.5. The van der Waals surface area contributed by atoms with Crippen molar-refractivity contribution < 1.29 is 10.2 Å². The van der Waals surface area contributed by atoms with Gasteiger partial charge in [0, 0.05) is 6.42 Å². The number of hydrogen-bond acceptors (Lipinski definition) is 2. The third-order valence-electron chi connectivity index (χ3n) is 3.92. The van der Waals surface area contributed by atoms with E-state index < -0.39 is 0 Å². The monoisotopic (exact) mass is 256 g/mol. The molecular weight excluding hydrogens is 236 g/mol. The van der Waals surface area contributed by atoms with E-state index in [0.29, 0.717) is 17.9 Å². The Kier molecular flexibility index (Phi) is 3.52. The minimum absolute atomic E-state index is 0.308. The summed E-state index contributed by atoms with van der Waals surface area (Å²) >= 11 is 0. The molecule has 2 rings (SSSR count). The molecule has 0 fully saturated rings. The Bertz CT molecular complexity index is 628. The molecule has 0 bridgehead atoms. The molecule has 0 saturated heterocycles. The third kappa shape index (κ3) is 2.58. The van der Waals surface area contributed by atoms with Crippen LogP contribution in [0, 0.1) is 27.7 Å². The second-order valence-electron chi connectivity index (χ2n) is 5.24. The van der Waals surface area contributed by atoms with Crippen LogP contribution in [0.15, 0.2) is 24.3 Å². The van der Waals surface area contributed by atoms with Gasteiger partial charge >= 0.3 is 0 Å². The van der Waals surface area contributed by atoms with Crippen LogP contribution in [0.1, 0.15) is 33.4 Å². The van der Waals surface area contributed by atoms with Crippen molar-refractivity contribution in [3.05, 3.63) is 57.6 Å². The molecule has 2 aromatic carbocycles. The van der Waals surface area contributed by atoms with Gasteiger partial charge in [-0.3, -0.25) is 0 Å². The van der Waals surface area contributed by atoms with E-state index in [9.17, 15) is 10.2 Å². The average Bonchev–Trinajstić information content (AvgIpc) is 2.37. The lowest BCUT2D eigenvalue weighted by Crippen LogP contribution is -1.97. The Morgan fingerprint density at radius 2 is 1.42 bits per heavy atom. The molecule has 0 spiro atoms. The maximum atomic E-state index is 9.94. The smallest absolute Gasteiger partial charge is 0.119 e. The van der Waals surface area contributed by atoms with Gasteiger partial charge in [-0.2, -0.15) is 0 Å². The third-order valence-corrected chi connectivity index (χ3v) is 3.92. The molecule has 0 saturated carbocycles. The minimum atomic E-state index is 0.308. The molecular formula is C17H20O2. The van der Waals surface area contributed by atoms with Crippen molar-refractivity contribution in [3.63, 3.8) is 0 Å². The van der Waals surface area contributed by atoms with Crippen LogP contribution >= 0.6 is 0 Å². The van der Waals surface area contributed by atoms with Crippen LogP contribution in [0.2, 0.25) is 0 Å². The highest BCUT2D eigenvalue weighted by atomic mass is 16.3. The Morgan fingerprint density at radius 3 is 2.11 bits per heavy atom. The molecule has 0 radical (unpaired) electrons. The van der Waals surface area contributed by atoms with Crippen molar-refractivity contribution in [2.45, 2.75) is 34.1 Å². The first-order chi connectivity index (χ1) is 8.90. The Morgan fingerprint density at radius 1 is 0.737 bits per heavy atom. The number of phenolic OH excluding ortho intramolecular Hbond substituents is 2. The van der Waals surface area contributed by atoms with Gasteiger partial charge in [-0.25, -0.2) is 0 Å². The largest absolute Gasteiger partial charge is 0.508 e. The van der Waals surface area contributed by atoms with E-state index in [0.717, 1.165) is 27.8 Å². The normalized spacial score (nSPS) is 10.7. The van der Waals surface area contributed by atoms with Gasteiger partial charge < -0.3 is 10.2 Å². The van der Waals surface area contributed by atoms with E-state index in [4.69, 9.17) is 0 Å². The number of aromatic hydroxyl groups is 2. The summed E-state index contributed by atoms with van der Waals surface area (Å²) in [6.45, 7) is 8.01. The average molecular weight is 256 g/mol. The molecule has 0 aliphatic carbocycles. The highest BCUT2D eigenvalue weighted by Crippen LogP contribution is 2.30. The Hall–Kier alpha value is -1.96. The van der Waals surface area contributed by atoms with Crippen LogP contribution in [-0.2, 0) is 6.42 Å². The lowest BCUT2D eigenvalue weighted by molar-refractivity contribution is 0.466. The zero-order valence-electron chi connectivity index (χ0n) is 11.9. The fourth-order valence-electron chi connectivity index (χ4n) is 2.34. The van der Waals surface area contributed by atoms with E-state index in [-0.39, 0.29) is 0 Å². The van der Waals surface area contributed by atoms with Crippen molar-refractivity contribution in [1.82, 2.24) is 0 Å². The van der Waals surface area contributed by atoms with Gasteiger partial charge in [0.1, 0.15) is 11.5 Å².